The second-order valence-corrected chi connectivity index (χ2v) is 6.45. The summed E-state index contributed by atoms with van der Waals surface area (Å²) in [4.78, 5) is 12.5. The van der Waals surface area contributed by atoms with Crippen LogP contribution in [-0.2, 0) is 5.75 Å². The molecular formula is C13H17N3OS2. The summed E-state index contributed by atoms with van der Waals surface area (Å²) in [5.74, 6) is 6.67. The van der Waals surface area contributed by atoms with Crippen molar-refractivity contribution in [3.63, 3.8) is 0 Å². The Morgan fingerprint density at radius 2 is 2.21 bits per heavy atom. The van der Waals surface area contributed by atoms with Crippen LogP contribution < -0.4 is 17.0 Å². The smallest absolute Gasteiger partial charge is 0.275 e. The lowest BCUT2D eigenvalue weighted by Crippen LogP contribution is -2.29. The number of carbonyl (C=O) groups is 1. The first-order valence-corrected chi connectivity index (χ1v) is 7.95. The van der Waals surface area contributed by atoms with E-state index in [2.05, 4.69) is 5.43 Å². The molecule has 4 nitrogen and oxygen atoms in total. The quantitative estimate of drug-likeness (QED) is 0.448. The lowest BCUT2D eigenvalue weighted by molar-refractivity contribution is 0.0957. The number of hydrogen-bond donors (Lipinski definition) is 3. The molecule has 0 saturated heterocycles. The molecule has 0 fully saturated rings. The van der Waals surface area contributed by atoms with Gasteiger partial charge in [-0.05, 0) is 23.9 Å². The summed E-state index contributed by atoms with van der Waals surface area (Å²) in [5, 5.41) is 1.13. The average Bonchev–Trinajstić information content (AvgIpc) is 2.77. The Bertz CT molecular complexity index is 580. The molecule has 19 heavy (non-hydrogen) atoms. The number of thioether (sulfide) groups is 1. The number of nitrogen functional groups attached to an aromatic ring is 1. The molecule has 0 aliphatic heterocycles. The Hall–Kier alpha value is -1.08. The van der Waals surface area contributed by atoms with E-state index >= 15 is 0 Å². The van der Waals surface area contributed by atoms with Crippen molar-refractivity contribution >= 4 is 39.1 Å². The minimum atomic E-state index is -0.224. The zero-order valence-electron chi connectivity index (χ0n) is 10.7. The fraction of sp³-hybridized carbons (Fsp3) is 0.308. The monoisotopic (exact) mass is 295 g/mol. The van der Waals surface area contributed by atoms with Crippen molar-refractivity contribution < 1.29 is 4.79 Å². The van der Waals surface area contributed by atoms with Gasteiger partial charge in [0, 0.05) is 22.2 Å². The van der Waals surface area contributed by atoms with Crippen molar-refractivity contribution in [3.8, 4) is 0 Å². The molecule has 1 aromatic heterocycles. The molecule has 0 bridgehead atoms. The lowest BCUT2D eigenvalue weighted by Gasteiger charge is -2.06. The van der Waals surface area contributed by atoms with Gasteiger partial charge in [-0.1, -0.05) is 18.2 Å². The van der Waals surface area contributed by atoms with E-state index in [1.54, 1.807) is 11.8 Å². The normalized spacial score (nSPS) is 12.6. The van der Waals surface area contributed by atoms with Gasteiger partial charge in [0.25, 0.3) is 5.91 Å². The van der Waals surface area contributed by atoms with E-state index in [4.69, 9.17) is 11.6 Å². The Labute approximate surface area is 120 Å². The Balaban J connectivity index is 2.34. The van der Waals surface area contributed by atoms with E-state index in [-0.39, 0.29) is 11.9 Å². The summed E-state index contributed by atoms with van der Waals surface area (Å²) in [6.07, 6.45) is 0. The SMILES string of the molecule is CC(N)CSCc1c(C(=O)NN)sc2ccccc12. The third-order valence-electron chi connectivity index (χ3n) is 2.66. The summed E-state index contributed by atoms with van der Waals surface area (Å²) >= 11 is 3.22. The van der Waals surface area contributed by atoms with E-state index in [9.17, 15) is 4.79 Å². The summed E-state index contributed by atoms with van der Waals surface area (Å²) in [7, 11) is 0. The molecule has 102 valence electrons. The van der Waals surface area contributed by atoms with Gasteiger partial charge in [0.05, 0.1) is 4.88 Å². The first-order chi connectivity index (χ1) is 9.13. The van der Waals surface area contributed by atoms with Crippen molar-refractivity contribution in [2.24, 2.45) is 11.6 Å². The third kappa shape index (κ3) is 3.27. The highest BCUT2D eigenvalue weighted by atomic mass is 32.2. The van der Waals surface area contributed by atoms with E-state index in [0.717, 1.165) is 27.2 Å². The third-order valence-corrected chi connectivity index (χ3v) is 5.13. The molecule has 0 radical (unpaired) electrons. The molecule has 6 heteroatoms. The minimum absolute atomic E-state index is 0.154. The van der Waals surface area contributed by atoms with Crippen LogP contribution in [0.4, 0.5) is 0 Å². The van der Waals surface area contributed by atoms with Crippen molar-refractivity contribution in [2.75, 3.05) is 5.75 Å². The maximum Gasteiger partial charge on any atom is 0.275 e. The minimum Gasteiger partial charge on any atom is -0.327 e. The number of amides is 1. The van der Waals surface area contributed by atoms with Crippen molar-refractivity contribution in [2.45, 2.75) is 18.7 Å². The van der Waals surface area contributed by atoms with E-state index in [1.807, 2.05) is 31.2 Å². The number of thiophene rings is 1. The molecule has 1 amide bonds. The summed E-state index contributed by atoms with van der Waals surface area (Å²) in [6.45, 7) is 1.98. The predicted octanol–water partition coefficient (Wildman–Crippen LogP) is 2.09. The molecule has 0 aliphatic carbocycles. The van der Waals surface area contributed by atoms with Crippen LogP contribution in [0, 0.1) is 0 Å². The van der Waals surface area contributed by atoms with E-state index < -0.39 is 0 Å². The molecule has 2 rings (SSSR count). The Morgan fingerprint density at radius 1 is 1.47 bits per heavy atom. The molecule has 5 N–H and O–H groups in total. The van der Waals surface area contributed by atoms with E-state index in [1.165, 1.54) is 11.3 Å². The van der Waals surface area contributed by atoms with Crippen LogP contribution in [0.2, 0.25) is 0 Å². The zero-order chi connectivity index (χ0) is 13.8. The van der Waals surface area contributed by atoms with Crippen LogP contribution in [-0.4, -0.2) is 17.7 Å². The lowest BCUT2D eigenvalue weighted by atomic mass is 10.1. The molecule has 0 spiro atoms. The molecule has 0 saturated carbocycles. The second kappa shape index (κ2) is 6.38. The van der Waals surface area contributed by atoms with Crippen molar-refractivity contribution in [1.29, 1.82) is 0 Å². The van der Waals surface area contributed by atoms with Crippen LogP contribution >= 0.6 is 23.1 Å². The maximum atomic E-state index is 11.8. The maximum absolute atomic E-state index is 11.8. The summed E-state index contributed by atoms with van der Waals surface area (Å²) in [5.41, 5.74) is 9.02. The highest BCUT2D eigenvalue weighted by molar-refractivity contribution is 7.98. The van der Waals surface area contributed by atoms with Gasteiger partial charge < -0.3 is 5.73 Å². The average molecular weight is 295 g/mol. The van der Waals surface area contributed by atoms with Crippen molar-refractivity contribution in [3.05, 3.63) is 34.7 Å². The number of carbonyl (C=O) groups excluding carboxylic acids is 1. The summed E-state index contributed by atoms with van der Waals surface area (Å²) < 4.78 is 1.11. The molecule has 0 aliphatic rings. The van der Waals surface area contributed by atoms with Crippen molar-refractivity contribution in [1.82, 2.24) is 5.43 Å². The van der Waals surface area contributed by atoms with Gasteiger partial charge in [-0.2, -0.15) is 11.8 Å². The van der Waals surface area contributed by atoms with Gasteiger partial charge in [0.2, 0.25) is 0 Å². The van der Waals surface area contributed by atoms with Crippen LogP contribution in [0.15, 0.2) is 24.3 Å². The Morgan fingerprint density at radius 3 is 2.89 bits per heavy atom. The Kier molecular flexibility index (Phi) is 4.81. The van der Waals surface area contributed by atoms with Crippen LogP contribution in [0.3, 0.4) is 0 Å². The fourth-order valence-corrected chi connectivity index (χ4v) is 4.05. The van der Waals surface area contributed by atoms with Gasteiger partial charge in [0.1, 0.15) is 0 Å². The first-order valence-electron chi connectivity index (χ1n) is 5.98. The number of hydrazine groups is 1. The van der Waals surface area contributed by atoms with Gasteiger partial charge in [-0.15, -0.1) is 11.3 Å². The van der Waals surface area contributed by atoms with Gasteiger partial charge >= 0.3 is 0 Å². The van der Waals surface area contributed by atoms with Crippen LogP contribution in [0.1, 0.15) is 22.2 Å². The summed E-state index contributed by atoms with van der Waals surface area (Å²) in [6, 6.07) is 8.18. The van der Waals surface area contributed by atoms with Gasteiger partial charge in [-0.25, -0.2) is 5.84 Å². The molecule has 1 atom stereocenters. The number of rotatable bonds is 5. The number of fused-ring (bicyclic) bond motifs is 1. The molecule has 1 aromatic carbocycles. The molecule has 1 heterocycles. The topological polar surface area (TPSA) is 81.1 Å². The highest BCUT2D eigenvalue weighted by Gasteiger charge is 2.17. The number of nitrogens with two attached hydrogens (primary N) is 2. The number of hydrogen-bond acceptors (Lipinski definition) is 5. The van der Waals surface area contributed by atoms with Gasteiger partial charge in [0.15, 0.2) is 0 Å². The number of nitrogens with one attached hydrogen (secondary N) is 1. The largest absolute Gasteiger partial charge is 0.327 e. The molecular weight excluding hydrogens is 278 g/mol. The molecule has 1 unspecified atom stereocenters. The highest BCUT2D eigenvalue weighted by Crippen LogP contribution is 2.33. The second-order valence-electron chi connectivity index (χ2n) is 4.37. The van der Waals surface area contributed by atoms with Crippen LogP contribution in [0.5, 0.6) is 0 Å². The van der Waals surface area contributed by atoms with Crippen LogP contribution in [0.25, 0.3) is 10.1 Å². The fourth-order valence-electron chi connectivity index (χ4n) is 1.84. The predicted molar refractivity (Wildman–Crippen MR) is 83.3 cm³/mol. The number of benzene rings is 1. The molecule has 2 aromatic rings. The van der Waals surface area contributed by atoms with E-state index in [0.29, 0.717) is 4.88 Å². The van der Waals surface area contributed by atoms with Gasteiger partial charge in [-0.3, -0.25) is 10.2 Å². The standard InChI is InChI=1S/C13H17N3OS2/c1-8(14)6-18-7-10-9-4-2-3-5-11(9)19-12(10)13(17)16-15/h2-5,8H,6-7,14-15H2,1H3,(H,16,17). The first kappa shape index (κ1) is 14.3. The zero-order valence-corrected chi connectivity index (χ0v) is 12.3.